The molecule has 2 aromatic heterocycles. The molecule has 1 aliphatic carbocycles. The first-order chi connectivity index (χ1) is 16.8. The van der Waals surface area contributed by atoms with E-state index in [0.29, 0.717) is 21.4 Å². The highest BCUT2D eigenvalue weighted by Gasteiger charge is 2.45. The third-order valence-corrected chi connectivity index (χ3v) is 5.52. The number of benzene rings is 1. The number of halogens is 3. The van der Waals surface area contributed by atoms with Crippen molar-refractivity contribution in [2.24, 2.45) is 0 Å². The summed E-state index contributed by atoms with van der Waals surface area (Å²) in [5, 5.41) is 0.368. The van der Waals surface area contributed by atoms with Crippen LogP contribution in [0.2, 0.25) is 0 Å². The quantitative estimate of drug-likeness (QED) is 0.424. The van der Waals surface area contributed by atoms with E-state index in [9.17, 15) is 27.6 Å². The number of aromatic nitrogens is 2. The van der Waals surface area contributed by atoms with E-state index in [4.69, 9.17) is 9.47 Å². The molecule has 1 aromatic carbocycles. The van der Waals surface area contributed by atoms with E-state index in [-0.39, 0.29) is 17.2 Å². The van der Waals surface area contributed by atoms with Crippen LogP contribution in [0.4, 0.5) is 29.5 Å². The van der Waals surface area contributed by atoms with Crippen LogP contribution in [0.1, 0.15) is 55.5 Å². The van der Waals surface area contributed by atoms with Crippen molar-refractivity contribution in [3.05, 3.63) is 53.9 Å². The summed E-state index contributed by atoms with van der Waals surface area (Å²) >= 11 is 0. The van der Waals surface area contributed by atoms with Crippen LogP contribution in [-0.4, -0.2) is 46.4 Å². The summed E-state index contributed by atoms with van der Waals surface area (Å²) < 4.78 is 52.4. The fourth-order valence-electron chi connectivity index (χ4n) is 3.75. The van der Waals surface area contributed by atoms with Crippen molar-refractivity contribution in [1.82, 2.24) is 9.55 Å². The maximum absolute atomic E-state index is 13.7. The van der Waals surface area contributed by atoms with E-state index in [1.54, 1.807) is 20.8 Å². The first-order valence-electron chi connectivity index (χ1n) is 11.1. The molecule has 0 spiro atoms. The van der Waals surface area contributed by atoms with Gasteiger partial charge in [0.05, 0.1) is 18.3 Å². The molecule has 11 heteroatoms. The van der Waals surface area contributed by atoms with E-state index in [1.807, 2.05) is 0 Å². The van der Waals surface area contributed by atoms with Gasteiger partial charge in [0.25, 0.3) is 0 Å². The number of carbonyl (C=O) groups excluding carboxylic acids is 3. The molecule has 0 saturated heterocycles. The van der Waals surface area contributed by atoms with Gasteiger partial charge in [-0.15, -0.1) is 0 Å². The number of alkyl halides is 3. The van der Waals surface area contributed by atoms with Crippen LogP contribution in [0.15, 0.2) is 42.7 Å². The van der Waals surface area contributed by atoms with Crippen molar-refractivity contribution in [1.29, 1.82) is 0 Å². The highest BCUT2D eigenvalue weighted by Crippen LogP contribution is 2.42. The fourth-order valence-corrected chi connectivity index (χ4v) is 3.75. The minimum atomic E-state index is -5.26. The Balaban J connectivity index is 1.84. The van der Waals surface area contributed by atoms with Gasteiger partial charge in [-0.25, -0.2) is 14.6 Å². The number of hydrogen-bond acceptors (Lipinski definition) is 6. The Bertz CT molecular complexity index is 1350. The van der Waals surface area contributed by atoms with Gasteiger partial charge in [-0.3, -0.25) is 14.3 Å². The number of fused-ring (bicyclic) bond motifs is 1. The van der Waals surface area contributed by atoms with E-state index >= 15 is 0 Å². The zero-order chi connectivity index (χ0) is 26.4. The fraction of sp³-hybridized carbons (Fsp3) is 0.360. The maximum Gasteiger partial charge on any atom is 0.472 e. The van der Waals surface area contributed by atoms with Crippen molar-refractivity contribution in [3.63, 3.8) is 0 Å². The molecule has 1 aliphatic rings. The van der Waals surface area contributed by atoms with Crippen LogP contribution in [0.3, 0.4) is 0 Å². The highest BCUT2D eigenvalue weighted by atomic mass is 19.4. The van der Waals surface area contributed by atoms with Gasteiger partial charge < -0.3 is 9.47 Å². The molecule has 0 aliphatic heterocycles. The molecular formula is C25H24F3N3O5. The summed E-state index contributed by atoms with van der Waals surface area (Å²) in [4.78, 5) is 42.1. The van der Waals surface area contributed by atoms with Crippen molar-refractivity contribution in [2.75, 3.05) is 12.0 Å². The Labute approximate surface area is 204 Å². The SMILES string of the molecule is COC(=O)c1cc(C2CC2)cnc1N(C(=O)C(F)(F)F)c1ccc2c(ccn2C(=O)OC(C)(C)C)c1. The lowest BCUT2D eigenvalue weighted by Gasteiger charge is -2.25. The standard InChI is InChI=1S/C25H24F3N3O5/c1-24(2,3)36-23(34)30-10-9-15-11-17(7-8-19(15)30)31(22(33)25(26,27)28)20-18(21(32)35-4)12-16(13-29-20)14-5-6-14/h7-14H,5-6H2,1-4H3. The van der Waals surface area contributed by atoms with Gasteiger partial charge in [0.1, 0.15) is 11.2 Å². The van der Waals surface area contributed by atoms with Gasteiger partial charge in [-0.05, 0) is 75.4 Å². The van der Waals surface area contributed by atoms with E-state index in [1.165, 1.54) is 47.3 Å². The molecule has 0 atom stereocenters. The highest BCUT2D eigenvalue weighted by molar-refractivity contribution is 6.08. The predicted molar refractivity (Wildman–Crippen MR) is 124 cm³/mol. The molecule has 36 heavy (non-hydrogen) atoms. The van der Waals surface area contributed by atoms with Crippen LogP contribution in [-0.2, 0) is 14.3 Å². The molecule has 2 heterocycles. The minimum Gasteiger partial charge on any atom is -0.465 e. The van der Waals surface area contributed by atoms with Gasteiger partial charge in [0.15, 0.2) is 5.82 Å². The van der Waals surface area contributed by atoms with Gasteiger partial charge in [-0.1, -0.05) is 0 Å². The number of rotatable bonds is 4. The molecule has 0 radical (unpaired) electrons. The molecule has 4 rings (SSSR count). The first-order valence-corrected chi connectivity index (χ1v) is 11.1. The summed E-state index contributed by atoms with van der Waals surface area (Å²) in [7, 11) is 1.09. The number of methoxy groups -OCH3 is 1. The van der Waals surface area contributed by atoms with Crippen molar-refractivity contribution in [3.8, 4) is 0 Å². The van der Waals surface area contributed by atoms with Crippen LogP contribution >= 0.6 is 0 Å². The van der Waals surface area contributed by atoms with Gasteiger partial charge in [0.2, 0.25) is 0 Å². The summed E-state index contributed by atoms with van der Waals surface area (Å²) in [5.41, 5.74) is -0.165. The number of carbonyl (C=O) groups is 3. The van der Waals surface area contributed by atoms with Crippen LogP contribution in [0.25, 0.3) is 10.9 Å². The van der Waals surface area contributed by atoms with Crippen LogP contribution in [0.5, 0.6) is 0 Å². The molecule has 1 amide bonds. The number of hydrogen-bond donors (Lipinski definition) is 0. The number of nitrogens with zero attached hydrogens (tertiary/aromatic N) is 3. The molecule has 0 N–H and O–H groups in total. The number of esters is 1. The topological polar surface area (TPSA) is 90.7 Å². The molecule has 1 saturated carbocycles. The maximum atomic E-state index is 13.7. The lowest BCUT2D eigenvalue weighted by Crippen LogP contribution is -2.39. The first kappa shape index (κ1) is 25.2. The predicted octanol–water partition coefficient (Wildman–Crippen LogP) is 5.71. The van der Waals surface area contributed by atoms with Crippen molar-refractivity contribution in [2.45, 2.75) is 51.3 Å². The molecule has 0 bridgehead atoms. The second kappa shape index (κ2) is 8.96. The third-order valence-electron chi connectivity index (χ3n) is 5.52. The third kappa shape index (κ3) is 5.05. The number of pyridine rings is 1. The zero-order valence-corrected chi connectivity index (χ0v) is 20.0. The van der Waals surface area contributed by atoms with Crippen molar-refractivity contribution >= 4 is 40.4 Å². The Hall–Kier alpha value is -3.89. The summed E-state index contributed by atoms with van der Waals surface area (Å²) in [5.74, 6) is -3.49. The van der Waals surface area contributed by atoms with Crippen molar-refractivity contribution < 1.29 is 37.0 Å². The smallest absolute Gasteiger partial charge is 0.465 e. The normalized spacial score (nSPS) is 14.0. The number of amides is 1. The molecule has 1 fully saturated rings. The Morgan fingerprint density at radius 1 is 1.08 bits per heavy atom. The second-order valence-corrected chi connectivity index (χ2v) is 9.45. The minimum absolute atomic E-state index is 0.158. The average molecular weight is 503 g/mol. The lowest BCUT2D eigenvalue weighted by molar-refractivity contribution is -0.169. The monoisotopic (exact) mass is 503 g/mol. The molecule has 3 aromatic rings. The summed E-state index contributed by atoms with van der Waals surface area (Å²) in [6.45, 7) is 5.11. The molecule has 8 nitrogen and oxygen atoms in total. The van der Waals surface area contributed by atoms with Gasteiger partial charge >= 0.3 is 24.1 Å². The number of ether oxygens (including phenoxy) is 2. The Morgan fingerprint density at radius 3 is 2.36 bits per heavy atom. The second-order valence-electron chi connectivity index (χ2n) is 9.45. The zero-order valence-electron chi connectivity index (χ0n) is 20.0. The largest absolute Gasteiger partial charge is 0.472 e. The summed E-state index contributed by atoms with van der Waals surface area (Å²) in [6.07, 6.45) is -1.40. The van der Waals surface area contributed by atoms with Gasteiger partial charge in [0, 0.05) is 17.8 Å². The van der Waals surface area contributed by atoms with E-state index < -0.39 is 35.6 Å². The van der Waals surface area contributed by atoms with Crippen LogP contribution < -0.4 is 4.90 Å². The average Bonchev–Trinajstić information content (AvgIpc) is 3.56. The van der Waals surface area contributed by atoms with E-state index in [2.05, 4.69) is 4.98 Å². The molecule has 190 valence electrons. The lowest BCUT2D eigenvalue weighted by atomic mass is 10.1. The number of anilines is 2. The van der Waals surface area contributed by atoms with Crippen LogP contribution in [0, 0.1) is 0 Å². The van der Waals surface area contributed by atoms with Gasteiger partial charge in [-0.2, -0.15) is 13.2 Å². The Kier molecular flexibility index (Phi) is 6.27. The molecular weight excluding hydrogens is 479 g/mol. The Morgan fingerprint density at radius 2 is 1.78 bits per heavy atom. The summed E-state index contributed by atoms with van der Waals surface area (Å²) in [6, 6.07) is 6.85. The van der Waals surface area contributed by atoms with E-state index in [0.717, 1.165) is 20.0 Å². The molecule has 0 unspecified atom stereocenters.